The molecule has 6 heteroatoms. The Balaban J connectivity index is 2.87. The molecular formula is C12H4Cl6. The fourth-order valence-electron chi connectivity index (χ4n) is 1.45. The molecule has 0 radical (unpaired) electrons. The molecule has 0 spiro atoms. The van der Waals surface area contributed by atoms with Gasteiger partial charge in [-0.3, -0.25) is 0 Å². The minimum Gasteiger partial charge on any atom is -0.0837 e. The quantitative estimate of drug-likeness (QED) is 0.369. The Labute approximate surface area is 136 Å². The zero-order chi connectivity index (χ0) is 14.3. The smallest absolute Gasteiger partial charge is 0.0809 e. The average Bonchev–Trinajstić information content (AvgIpc) is 2.39. The second-order valence-corrected chi connectivity index (χ2v) is 5.61. The second-order valence-electron chi connectivity index (χ2n) is 3.34. The van der Waals surface area contributed by atoms with Crippen LogP contribution in [0.15, 0.2) is 24.2 Å². The molecule has 0 heterocycles. The molecule has 18 heavy (non-hydrogen) atoms. The van der Waals surface area contributed by atoms with Crippen LogP contribution in [0.2, 0.25) is 30.1 Å². The number of halogens is 6. The van der Waals surface area contributed by atoms with E-state index in [1.807, 2.05) is 0 Å². The molecule has 94 valence electrons. The van der Waals surface area contributed by atoms with Crippen molar-refractivity contribution in [2.45, 2.75) is 0 Å². The van der Waals surface area contributed by atoms with Crippen molar-refractivity contribution in [1.29, 1.82) is 0 Å². The lowest BCUT2D eigenvalue weighted by molar-refractivity contribution is 1.61. The van der Waals surface area contributed by atoms with Crippen molar-refractivity contribution in [3.63, 3.8) is 0 Å². The number of rotatable bonds is 1. The van der Waals surface area contributed by atoms with Gasteiger partial charge in [-0.15, -0.1) is 0 Å². The van der Waals surface area contributed by atoms with Gasteiger partial charge < -0.3 is 0 Å². The Bertz CT molecular complexity index is 639. The van der Waals surface area contributed by atoms with Gasteiger partial charge in [-0.05, 0) is 6.04 Å². The highest BCUT2D eigenvalue weighted by Crippen LogP contribution is 2.49. The molecule has 2 aromatic carbocycles. The van der Waals surface area contributed by atoms with E-state index in [2.05, 4.69) is 0 Å². The van der Waals surface area contributed by atoms with Gasteiger partial charge in [-0.1, -0.05) is 87.8 Å². The van der Waals surface area contributed by atoms with Gasteiger partial charge in [-0.25, -0.2) is 0 Å². The van der Waals surface area contributed by atoms with Crippen LogP contribution in [-0.4, -0.2) is 0 Å². The van der Waals surface area contributed by atoms with Crippen LogP contribution in [0.3, 0.4) is 0 Å². The van der Waals surface area contributed by atoms with Crippen LogP contribution in [-0.2, 0) is 0 Å². The lowest BCUT2D eigenvalue weighted by Crippen LogP contribution is -1.87. The van der Waals surface area contributed by atoms with Gasteiger partial charge in [0.1, 0.15) is 0 Å². The summed E-state index contributed by atoms with van der Waals surface area (Å²) in [4.78, 5) is 0. The molecule has 0 unspecified atom stereocenters. The molecule has 0 aliphatic heterocycles. The predicted octanol–water partition coefficient (Wildman–Crippen LogP) is 7.27. The molecule has 0 aliphatic carbocycles. The van der Waals surface area contributed by atoms with Crippen LogP contribution in [0.25, 0.3) is 11.1 Å². The third kappa shape index (κ3) is 2.43. The van der Waals surface area contributed by atoms with E-state index in [0.29, 0.717) is 11.1 Å². The fourth-order valence-corrected chi connectivity index (χ4v) is 3.01. The summed E-state index contributed by atoms with van der Waals surface area (Å²) in [5.74, 6) is 0. The Kier molecular flexibility index (Phi) is 4.15. The first-order valence-corrected chi connectivity index (χ1v) is 6.90. The summed E-state index contributed by atoms with van der Waals surface area (Å²) in [6.07, 6.45) is 0. The van der Waals surface area contributed by atoms with E-state index >= 15 is 0 Å². The van der Waals surface area contributed by atoms with Crippen molar-refractivity contribution in [3.8, 4) is 11.1 Å². The molecule has 0 atom stereocenters. The Morgan fingerprint density at radius 2 is 1.22 bits per heavy atom. The first-order chi connectivity index (χ1) is 8.86. The number of benzene rings is 2. The van der Waals surface area contributed by atoms with Crippen LogP contribution in [0.5, 0.6) is 0 Å². The van der Waals surface area contributed by atoms with Gasteiger partial charge in [0, 0.05) is 16.1 Å². The van der Waals surface area contributed by atoms with Gasteiger partial charge in [0.05, 0.1) is 26.5 Å². The van der Waals surface area contributed by atoms with Gasteiger partial charge in [0.25, 0.3) is 0 Å². The highest BCUT2D eigenvalue weighted by molar-refractivity contribution is 6.56. The first kappa shape index (κ1) is 13.2. The Morgan fingerprint density at radius 3 is 1.78 bits per heavy atom. The SMILES string of the molecule is [3H]c1cccc(-c2c(Cl)c(Cl)c(Cl)c(Cl)c2Cl)c1Cl. The van der Waals surface area contributed by atoms with E-state index in [0.717, 1.165) is 0 Å². The number of hydrogen-bond donors (Lipinski definition) is 0. The Hall–Kier alpha value is 0.180. The summed E-state index contributed by atoms with van der Waals surface area (Å²) in [6, 6.07) is 5.03. The minimum atomic E-state index is 0.0835. The first-order valence-electron chi connectivity index (χ1n) is 5.13. The standard InChI is InChI=1S/C12H4Cl6/c13-6-4-2-1-3-5(6)7-8(14)10(16)12(18)11(17)9(7)15/h1-4H/i4T. The van der Waals surface area contributed by atoms with Crippen LogP contribution in [0, 0.1) is 0 Å². The highest BCUT2D eigenvalue weighted by Gasteiger charge is 2.21. The summed E-state index contributed by atoms with van der Waals surface area (Å²) in [5.41, 5.74) is 0.839. The lowest BCUT2D eigenvalue weighted by atomic mass is 10.1. The third-order valence-corrected chi connectivity index (χ3v) is 4.87. The van der Waals surface area contributed by atoms with E-state index in [9.17, 15) is 0 Å². The summed E-state index contributed by atoms with van der Waals surface area (Å²) >= 11 is 36.3. The summed E-state index contributed by atoms with van der Waals surface area (Å²) in [7, 11) is 0. The third-order valence-electron chi connectivity index (χ3n) is 2.28. The molecule has 0 aromatic heterocycles. The molecule has 2 rings (SSSR count). The van der Waals surface area contributed by atoms with E-state index in [1.165, 1.54) is 0 Å². The average molecular weight is 363 g/mol. The van der Waals surface area contributed by atoms with Crippen molar-refractivity contribution in [3.05, 3.63) is 54.4 Å². The van der Waals surface area contributed by atoms with Crippen LogP contribution in [0.1, 0.15) is 1.37 Å². The van der Waals surface area contributed by atoms with Crippen molar-refractivity contribution in [2.24, 2.45) is 0 Å². The summed E-state index contributed by atoms with van der Waals surface area (Å²) < 4.78 is 7.69. The van der Waals surface area contributed by atoms with Crippen molar-refractivity contribution < 1.29 is 1.37 Å². The van der Waals surface area contributed by atoms with E-state index in [-0.39, 0.29) is 36.2 Å². The van der Waals surface area contributed by atoms with Crippen LogP contribution >= 0.6 is 69.6 Å². The predicted molar refractivity (Wildman–Crippen MR) is 81.9 cm³/mol. The fraction of sp³-hybridized carbons (Fsp3) is 0. The Morgan fingerprint density at radius 1 is 0.722 bits per heavy atom. The molecule has 2 aromatic rings. The molecule has 0 N–H and O–H groups in total. The summed E-state index contributed by atoms with van der Waals surface area (Å²) in [6.45, 7) is 0. The normalized spacial score (nSPS) is 11.6. The topological polar surface area (TPSA) is 0 Å². The molecule has 0 saturated heterocycles. The largest absolute Gasteiger partial charge is 0.0837 e. The van der Waals surface area contributed by atoms with E-state index < -0.39 is 0 Å². The van der Waals surface area contributed by atoms with Crippen molar-refractivity contribution in [2.75, 3.05) is 0 Å². The van der Waals surface area contributed by atoms with Gasteiger partial charge in [0.2, 0.25) is 0 Å². The minimum absolute atomic E-state index is 0.0835. The van der Waals surface area contributed by atoms with Gasteiger partial charge in [-0.2, -0.15) is 0 Å². The maximum absolute atomic E-state index is 7.69. The highest BCUT2D eigenvalue weighted by atomic mass is 35.5. The van der Waals surface area contributed by atoms with Crippen molar-refractivity contribution in [1.82, 2.24) is 0 Å². The van der Waals surface area contributed by atoms with Crippen LogP contribution < -0.4 is 0 Å². The zero-order valence-electron chi connectivity index (χ0n) is 9.50. The lowest BCUT2D eigenvalue weighted by Gasteiger charge is -2.13. The van der Waals surface area contributed by atoms with Gasteiger partial charge in [0.15, 0.2) is 0 Å². The van der Waals surface area contributed by atoms with E-state index in [1.54, 1.807) is 18.2 Å². The molecular weight excluding hydrogens is 357 g/mol. The molecule has 0 nitrogen and oxygen atoms in total. The van der Waals surface area contributed by atoms with Crippen molar-refractivity contribution >= 4 is 69.6 Å². The molecule has 0 saturated carbocycles. The van der Waals surface area contributed by atoms with Gasteiger partial charge >= 0.3 is 0 Å². The summed E-state index contributed by atoms with van der Waals surface area (Å²) in [5, 5.41) is 0.779. The molecule has 0 amide bonds. The monoisotopic (exact) mass is 360 g/mol. The second kappa shape index (κ2) is 5.66. The molecule has 0 aliphatic rings. The zero-order valence-corrected chi connectivity index (χ0v) is 13.0. The number of hydrogen-bond acceptors (Lipinski definition) is 0. The molecule has 0 fully saturated rings. The van der Waals surface area contributed by atoms with Crippen LogP contribution in [0.4, 0.5) is 0 Å². The maximum atomic E-state index is 7.69. The maximum Gasteiger partial charge on any atom is 0.0809 e. The van der Waals surface area contributed by atoms with E-state index in [4.69, 9.17) is 71.0 Å². The molecule has 0 bridgehead atoms.